The highest BCUT2D eigenvalue weighted by Crippen LogP contribution is 2.45. The van der Waals surface area contributed by atoms with Crippen molar-refractivity contribution in [2.24, 2.45) is 16.9 Å². The van der Waals surface area contributed by atoms with Gasteiger partial charge in [-0.1, -0.05) is 36.8 Å². The summed E-state index contributed by atoms with van der Waals surface area (Å²) < 4.78 is 31.2. The van der Waals surface area contributed by atoms with E-state index in [0.29, 0.717) is 30.0 Å². The average molecular weight is 651 g/mol. The Morgan fingerprint density at radius 2 is 1.73 bits per heavy atom. The third kappa shape index (κ3) is 7.09. The van der Waals surface area contributed by atoms with Crippen molar-refractivity contribution in [3.8, 4) is 23.3 Å². The van der Waals surface area contributed by atoms with Crippen LogP contribution in [0.25, 0.3) is 0 Å². The maximum atomic E-state index is 13.7. The molecule has 3 atom stereocenters. The molecule has 48 heavy (non-hydrogen) atoms. The molecule has 2 aliphatic heterocycles. The molecule has 1 aliphatic carbocycles. The zero-order valence-electron chi connectivity index (χ0n) is 27.7. The second-order valence-electron chi connectivity index (χ2n) is 12.8. The third-order valence-corrected chi connectivity index (χ3v) is 9.77. The fraction of sp³-hybridized carbons (Fsp3) is 0.410. The minimum atomic E-state index is -0.587. The number of carbonyl (C=O) groups is 1. The van der Waals surface area contributed by atoms with Crippen LogP contribution in [-0.2, 0) is 16.8 Å². The Morgan fingerprint density at radius 1 is 0.958 bits per heavy atom. The van der Waals surface area contributed by atoms with E-state index in [2.05, 4.69) is 23.5 Å². The SMILES string of the molecule is COc1ccc(C2=NN(CCCCCNCCCC3(c4ccc(F)cc4)Cc4ccc(C#N)cc4O3)C(=O)C3CC=CCC23)cc1OC. The van der Waals surface area contributed by atoms with Gasteiger partial charge in [0, 0.05) is 24.4 Å². The number of hydrogen-bond acceptors (Lipinski definition) is 7. The molecule has 8 nitrogen and oxygen atoms in total. The van der Waals surface area contributed by atoms with Crippen molar-refractivity contribution in [3.05, 3.63) is 101 Å². The van der Waals surface area contributed by atoms with E-state index in [1.54, 1.807) is 37.4 Å². The predicted octanol–water partition coefficient (Wildman–Crippen LogP) is 6.91. The summed E-state index contributed by atoms with van der Waals surface area (Å²) in [6.45, 7) is 2.29. The molecule has 9 heteroatoms. The summed E-state index contributed by atoms with van der Waals surface area (Å²) >= 11 is 0. The lowest BCUT2D eigenvalue weighted by Crippen LogP contribution is -2.45. The fourth-order valence-corrected chi connectivity index (χ4v) is 7.19. The highest BCUT2D eigenvalue weighted by Gasteiger charge is 2.41. The number of nitriles is 1. The average Bonchev–Trinajstić information content (AvgIpc) is 3.50. The lowest BCUT2D eigenvalue weighted by molar-refractivity contribution is -0.137. The van der Waals surface area contributed by atoms with Crippen LogP contribution in [0.2, 0.25) is 0 Å². The first kappa shape index (κ1) is 33.2. The van der Waals surface area contributed by atoms with Crippen molar-refractivity contribution in [2.75, 3.05) is 33.9 Å². The second-order valence-corrected chi connectivity index (χ2v) is 12.8. The second kappa shape index (κ2) is 15.0. The van der Waals surface area contributed by atoms with E-state index in [9.17, 15) is 14.4 Å². The van der Waals surface area contributed by atoms with Crippen LogP contribution in [-0.4, -0.2) is 50.5 Å². The fourth-order valence-electron chi connectivity index (χ4n) is 7.19. The van der Waals surface area contributed by atoms with E-state index in [1.807, 2.05) is 30.3 Å². The summed E-state index contributed by atoms with van der Waals surface area (Å²) in [5.74, 6) is 1.85. The zero-order chi connectivity index (χ0) is 33.5. The van der Waals surface area contributed by atoms with Crippen LogP contribution in [0.5, 0.6) is 17.2 Å². The minimum Gasteiger partial charge on any atom is -0.493 e. The molecular formula is C39H43FN4O4. The Labute approximate surface area is 282 Å². The molecule has 0 saturated heterocycles. The highest BCUT2D eigenvalue weighted by molar-refractivity contribution is 6.07. The van der Waals surface area contributed by atoms with Crippen molar-refractivity contribution in [1.29, 1.82) is 5.26 Å². The van der Waals surface area contributed by atoms with Gasteiger partial charge in [-0.2, -0.15) is 10.4 Å². The third-order valence-electron chi connectivity index (χ3n) is 9.77. The van der Waals surface area contributed by atoms with E-state index in [0.717, 1.165) is 86.2 Å². The topological polar surface area (TPSA) is 96.2 Å². The van der Waals surface area contributed by atoms with Gasteiger partial charge in [0.2, 0.25) is 5.91 Å². The maximum Gasteiger partial charge on any atom is 0.246 e. The Kier molecular flexibility index (Phi) is 10.4. The van der Waals surface area contributed by atoms with Gasteiger partial charge in [0.05, 0.1) is 37.5 Å². The molecule has 0 radical (unpaired) electrons. The molecule has 3 aromatic carbocycles. The summed E-state index contributed by atoms with van der Waals surface area (Å²) in [6, 6.07) is 20.2. The lowest BCUT2D eigenvalue weighted by Gasteiger charge is -2.37. The molecule has 0 aromatic heterocycles. The molecule has 6 rings (SSSR count). The number of amides is 1. The number of halogens is 1. The number of allylic oxidation sites excluding steroid dienone is 2. The van der Waals surface area contributed by atoms with E-state index in [-0.39, 0.29) is 23.6 Å². The van der Waals surface area contributed by atoms with E-state index in [4.69, 9.17) is 19.3 Å². The number of hydrazone groups is 1. The number of nitrogens with zero attached hydrogens (tertiary/aromatic N) is 3. The molecule has 1 amide bonds. The number of nitrogens with one attached hydrogen (secondary N) is 1. The molecular weight excluding hydrogens is 607 g/mol. The van der Waals surface area contributed by atoms with Crippen molar-refractivity contribution < 1.29 is 23.4 Å². The zero-order valence-corrected chi connectivity index (χ0v) is 27.7. The quantitative estimate of drug-likeness (QED) is 0.150. The normalized spacial score (nSPS) is 21.2. The Morgan fingerprint density at radius 3 is 2.50 bits per heavy atom. The number of rotatable bonds is 14. The van der Waals surface area contributed by atoms with Crippen molar-refractivity contribution >= 4 is 11.6 Å². The van der Waals surface area contributed by atoms with Gasteiger partial charge in [0.15, 0.2) is 11.5 Å². The predicted molar refractivity (Wildman–Crippen MR) is 183 cm³/mol. The van der Waals surface area contributed by atoms with E-state index >= 15 is 0 Å². The van der Waals surface area contributed by atoms with Gasteiger partial charge in [-0.25, -0.2) is 9.40 Å². The van der Waals surface area contributed by atoms with Crippen LogP contribution in [0, 0.1) is 29.0 Å². The van der Waals surface area contributed by atoms with E-state index in [1.165, 1.54) is 12.1 Å². The first-order valence-electron chi connectivity index (χ1n) is 16.9. The largest absolute Gasteiger partial charge is 0.493 e. The number of hydrogen-bond donors (Lipinski definition) is 1. The summed E-state index contributed by atoms with van der Waals surface area (Å²) in [6.07, 6.45) is 11.0. The van der Waals surface area contributed by atoms with Gasteiger partial charge in [-0.3, -0.25) is 4.79 Å². The number of carbonyl (C=O) groups excluding carboxylic acids is 1. The molecule has 1 N–H and O–H groups in total. The highest BCUT2D eigenvalue weighted by atomic mass is 19.1. The Balaban J connectivity index is 0.992. The number of benzene rings is 3. The van der Waals surface area contributed by atoms with Crippen molar-refractivity contribution in [1.82, 2.24) is 10.3 Å². The Bertz CT molecular complexity index is 1720. The molecule has 0 bridgehead atoms. The molecule has 0 spiro atoms. The smallest absolute Gasteiger partial charge is 0.246 e. The first-order valence-corrected chi connectivity index (χ1v) is 16.9. The monoisotopic (exact) mass is 650 g/mol. The van der Waals surface area contributed by atoms with Gasteiger partial charge in [-0.15, -0.1) is 0 Å². The van der Waals surface area contributed by atoms with Crippen LogP contribution in [0.15, 0.2) is 77.9 Å². The number of fused-ring (bicyclic) bond motifs is 2. The number of methoxy groups -OCH3 is 2. The summed E-state index contributed by atoms with van der Waals surface area (Å²) in [5, 5.41) is 19.5. The standard InChI is InChI=1S/C39H43FN4O4/c1-46-34-18-13-28(24-36(34)47-2)37-32-9-4-5-10-33(32)38(45)44(43-37)22-7-3-6-20-42-21-8-19-39(30-14-16-31(40)17-15-30)25-29-12-11-27(26-41)23-35(29)48-39/h4-5,11-18,23-24,32-33,42H,3,6-10,19-22,25H2,1-2H3. The van der Waals surface area contributed by atoms with Crippen LogP contribution < -0.4 is 19.5 Å². The lowest BCUT2D eigenvalue weighted by atomic mass is 9.76. The molecule has 3 aliphatic rings. The van der Waals surface area contributed by atoms with Crippen molar-refractivity contribution in [2.45, 2.75) is 57.0 Å². The van der Waals surface area contributed by atoms with Crippen molar-refractivity contribution in [3.63, 3.8) is 0 Å². The van der Waals surface area contributed by atoms with Gasteiger partial charge in [-0.05, 0) is 105 Å². The molecule has 0 fully saturated rings. The molecule has 250 valence electrons. The summed E-state index contributed by atoms with van der Waals surface area (Å²) in [4.78, 5) is 13.4. The van der Waals surface area contributed by atoms with Crippen LogP contribution in [0.4, 0.5) is 4.39 Å². The van der Waals surface area contributed by atoms with Crippen LogP contribution >= 0.6 is 0 Å². The number of ether oxygens (including phenoxy) is 3. The van der Waals surface area contributed by atoms with Crippen LogP contribution in [0.1, 0.15) is 67.2 Å². The van der Waals surface area contributed by atoms with Gasteiger partial charge in [0.1, 0.15) is 17.2 Å². The molecule has 0 saturated carbocycles. The van der Waals surface area contributed by atoms with Gasteiger partial charge < -0.3 is 19.5 Å². The minimum absolute atomic E-state index is 0.0575. The first-order chi connectivity index (χ1) is 23.4. The molecule has 2 heterocycles. The maximum absolute atomic E-state index is 13.7. The van der Waals surface area contributed by atoms with Gasteiger partial charge in [0.25, 0.3) is 0 Å². The van der Waals surface area contributed by atoms with Gasteiger partial charge >= 0.3 is 0 Å². The summed E-state index contributed by atoms with van der Waals surface area (Å²) in [5.41, 5.74) is 3.88. The summed E-state index contributed by atoms with van der Waals surface area (Å²) in [7, 11) is 3.25. The molecule has 3 unspecified atom stereocenters. The number of unbranched alkanes of at least 4 members (excludes halogenated alkanes) is 2. The molecule has 3 aromatic rings. The Hall–Kier alpha value is -4.68. The van der Waals surface area contributed by atoms with Crippen LogP contribution in [0.3, 0.4) is 0 Å². The van der Waals surface area contributed by atoms with E-state index < -0.39 is 5.60 Å².